The van der Waals surface area contributed by atoms with E-state index in [1.54, 1.807) is 23.9 Å². The van der Waals surface area contributed by atoms with Gasteiger partial charge in [-0.15, -0.1) is 24.2 Å². The van der Waals surface area contributed by atoms with E-state index in [0.717, 1.165) is 11.1 Å². The molecular formula is C14H13ClO2S. The summed E-state index contributed by atoms with van der Waals surface area (Å²) in [5.41, 5.74) is 2.44. The molecule has 0 aliphatic carbocycles. The van der Waals surface area contributed by atoms with Crippen molar-refractivity contribution in [3.05, 3.63) is 54.1 Å². The molecule has 0 heterocycles. The molecule has 0 fully saturated rings. The van der Waals surface area contributed by atoms with Gasteiger partial charge in [-0.3, -0.25) is 0 Å². The van der Waals surface area contributed by atoms with E-state index in [2.05, 4.69) is 12.1 Å². The number of halogens is 1. The van der Waals surface area contributed by atoms with Crippen LogP contribution < -0.4 is 0 Å². The molecular weight excluding hydrogens is 268 g/mol. The normalized spacial score (nSPS) is 9.61. The maximum Gasteiger partial charge on any atom is 0.335 e. The molecule has 2 rings (SSSR count). The number of hydrogen-bond donors (Lipinski definition) is 1. The Kier molecular flexibility index (Phi) is 5.25. The molecule has 4 heteroatoms. The largest absolute Gasteiger partial charge is 0.478 e. The average molecular weight is 281 g/mol. The van der Waals surface area contributed by atoms with Crippen molar-refractivity contribution in [2.45, 2.75) is 4.90 Å². The summed E-state index contributed by atoms with van der Waals surface area (Å²) in [6.45, 7) is 0. The van der Waals surface area contributed by atoms with Gasteiger partial charge in [-0.05, 0) is 41.6 Å². The van der Waals surface area contributed by atoms with Crippen molar-refractivity contribution in [2.24, 2.45) is 0 Å². The summed E-state index contributed by atoms with van der Waals surface area (Å²) in [5, 5.41) is 8.81. The van der Waals surface area contributed by atoms with Crippen molar-refractivity contribution in [1.82, 2.24) is 0 Å². The molecule has 0 aliphatic rings. The molecule has 18 heavy (non-hydrogen) atoms. The Balaban J connectivity index is 0.00000162. The quantitative estimate of drug-likeness (QED) is 0.857. The van der Waals surface area contributed by atoms with Crippen molar-refractivity contribution in [2.75, 3.05) is 6.26 Å². The van der Waals surface area contributed by atoms with Crippen LogP contribution in [0.5, 0.6) is 0 Å². The number of aromatic carboxylic acids is 1. The second-order valence-electron chi connectivity index (χ2n) is 3.61. The summed E-state index contributed by atoms with van der Waals surface area (Å²) in [4.78, 5) is 11.9. The van der Waals surface area contributed by atoms with E-state index < -0.39 is 5.97 Å². The van der Waals surface area contributed by atoms with Crippen molar-refractivity contribution < 1.29 is 9.90 Å². The first kappa shape index (κ1) is 14.6. The summed E-state index contributed by atoms with van der Waals surface area (Å²) in [6, 6.07) is 15.1. The van der Waals surface area contributed by atoms with Crippen molar-refractivity contribution in [1.29, 1.82) is 0 Å². The zero-order valence-corrected chi connectivity index (χ0v) is 11.4. The smallest absolute Gasteiger partial charge is 0.335 e. The fourth-order valence-electron chi connectivity index (χ4n) is 1.59. The number of benzene rings is 2. The van der Waals surface area contributed by atoms with Gasteiger partial charge in [-0.25, -0.2) is 4.79 Å². The molecule has 0 aromatic heterocycles. The van der Waals surface area contributed by atoms with Gasteiger partial charge >= 0.3 is 5.97 Å². The first-order chi connectivity index (χ1) is 8.20. The van der Waals surface area contributed by atoms with Gasteiger partial charge in [-0.1, -0.05) is 24.3 Å². The fourth-order valence-corrected chi connectivity index (χ4v) is 2.00. The Morgan fingerprint density at radius 1 is 0.944 bits per heavy atom. The maximum absolute atomic E-state index is 10.7. The van der Waals surface area contributed by atoms with Crippen LogP contribution in [0.1, 0.15) is 10.4 Å². The van der Waals surface area contributed by atoms with Crippen LogP contribution in [0.15, 0.2) is 53.4 Å². The molecule has 2 nitrogen and oxygen atoms in total. The van der Waals surface area contributed by atoms with E-state index >= 15 is 0 Å². The van der Waals surface area contributed by atoms with Gasteiger partial charge in [0.2, 0.25) is 0 Å². The molecule has 2 aromatic carbocycles. The van der Waals surface area contributed by atoms with Crippen LogP contribution in [-0.2, 0) is 0 Å². The first-order valence-electron chi connectivity index (χ1n) is 5.18. The van der Waals surface area contributed by atoms with Gasteiger partial charge < -0.3 is 5.11 Å². The molecule has 0 bridgehead atoms. The first-order valence-corrected chi connectivity index (χ1v) is 6.41. The molecule has 0 atom stereocenters. The van der Waals surface area contributed by atoms with Crippen molar-refractivity contribution >= 4 is 30.1 Å². The molecule has 0 radical (unpaired) electrons. The lowest BCUT2D eigenvalue weighted by molar-refractivity contribution is 0.0697. The minimum Gasteiger partial charge on any atom is -0.478 e. The fraction of sp³-hybridized carbons (Fsp3) is 0.0714. The van der Waals surface area contributed by atoms with Gasteiger partial charge in [0.15, 0.2) is 0 Å². The van der Waals surface area contributed by atoms with Crippen LogP contribution in [-0.4, -0.2) is 17.3 Å². The summed E-state index contributed by atoms with van der Waals surface area (Å²) in [5.74, 6) is -0.894. The van der Waals surface area contributed by atoms with E-state index in [1.807, 2.05) is 30.5 Å². The predicted molar refractivity (Wildman–Crippen MR) is 77.9 cm³/mol. The minimum absolute atomic E-state index is 0. The van der Waals surface area contributed by atoms with E-state index in [4.69, 9.17) is 5.11 Å². The maximum atomic E-state index is 10.7. The van der Waals surface area contributed by atoms with Gasteiger partial charge in [0.05, 0.1) is 5.56 Å². The second kappa shape index (κ2) is 6.47. The second-order valence-corrected chi connectivity index (χ2v) is 4.49. The highest BCUT2D eigenvalue weighted by molar-refractivity contribution is 7.98. The van der Waals surface area contributed by atoms with E-state index in [9.17, 15) is 4.79 Å². The number of carbonyl (C=O) groups is 1. The van der Waals surface area contributed by atoms with Crippen LogP contribution in [0, 0.1) is 0 Å². The number of carboxylic acids is 1. The van der Waals surface area contributed by atoms with E-state index in [0.29, 0.717) is 5.56 Å². The van der Waals surface area contributed by atoms with Crippen LogP contribution in [0.2, 0.25) is 0 Å². The highest BCUT2D eigenvalue weighted by atomic mass is 35.5. The van der Waals surface area contributed by atoms with Gasteiger partial charge in [0, 0.05) is 4.90 Å². The third-order valence-corrected chi connectivity index (χ3v) is 3.30. The highest BCUT2D eigenvalue weighted by Crippen LogP contribution is 2.23. The van der Waals surface area contributed by atoms with Crippen LogP contribution >= 0.6 is 24.2 Å². The molecule has 0 aliphatic heterocycles. The Labute approximate surface area is 116 Å². The Hall–Kier alpha value is -1.45. The topological polar surface area (TPSA) is 37.3 Å². The molecule has 0 spiro atoms. The lowest BCUT2D eigenvalue weighted by Gasteiger charge is -2.03. The number of rotatable bonds is 3. The number of hydrogen-bond acceptors (Lipinski definition) is 2. The minimum atomic E-state index is -0.894. The standard InChI is InChI=1S/C14H12O2S.ClH/c1-17-13-8-6-11(7-9-13)10-2-4-12(5-3-10)14(15)16;/h2-9H,1H3,(H,15,16);1H. The average Bonchev–Trinajstić information content (AvgIpc) is 2.39. The summed E-state index contributed by atoms with van der Waals surface area (Å²) >= 11 is 1.70. The Morgan fingerprint density at radius 2 is 1.39 bits per heavy atom. The summed E-state index contributed by atoms with van der Waals surface area (Å²) < 4.78 is 0. The van der Waals surface area contributed by atoms with Crippen molar-refractivity contribution in [3.63, 3.8) is 0 Å². The third-order valence-electron chi connectivity index (χ3n) is 2.56. The Bertz CT molecular complexity index is 520. The molecule has 0 unspecified atom stereocenters. The molecule has 0 saturated heterocycles. The van der Waals surface area contributed by atoms with Crippen LogP contribution in [0.4, 0.5) is 0 Å². The van der Waals surface area contributed by atoms with Gasteiger partial charge in [0.25, 0.3) is 0 Å². The number of thioether (sulfide) groups is 1. The van der Waals surface area contributed by atoms with Crippen LogP contribution in [0.25, 0.3) is 11.1 Å². The zero-order chi connectivity index (χ0) is 12.3. The third kappa shape index (κ3) is 3.28. The lowest BCUT2D eigenvalue weighted by Crippen LogP contribution is -1.94. The zero-order valence-electron chi connectivity index (χ0n) is 9.79. The summed E-state index contributed by atoms with van der Waals surface area (Å²) in [6.07, 6.45) is 2.04. The molecule has 0 saturated carbocycles. The number of carboxylic acid groups (broad SMARTS) is 1. The molecule has 2 aromatic rings. The molecule has 1 N–H and O–H groups in total. The predicted octanol–water partition coefficient (Wildman–Crippen LogP) is 4.20. The Morgan fingerprint density at radius 3 is 1.78 bits per heavy atom. The van der Waals surface area contributed by atoms with E-state index in [1.165, 1.54) is 4.90 Å². The lowest BCUT2D eigenvalue weighted by atomic mass is 10.0. The van der Waals surface area contributed by atoms with Crippen molar-refractivity contribution in [3.8, 4) is 11.1 Å². The monoisotopic (exact) mass is 280 g/mol. The van der Waals surface area contributed by atoms with Gasteiger partial charge in [0.1, 0.15) is 0 Å². The van der Waals surface area contributed by atoms with E-state index in [-0.39, 0.29) is 12.4 Å². The molecule has 0 amide bonds. The SMILES string of the molecule is CSc1ccc(-c2ccc(C(=O)O)cc2)cc1.Cl. The summed E-state index contributed by atoms with van der Waals surface area (Å²) in [7, 11) is 0. The highest BCUT2D eigenvalue weighted by Gasteiger charge is 2.02. The van der Waals surface area contributed by atoms with Crippen LogP contribution in [0.3, 0.4) is 0 Å². The van der Waals surface area contributed by atoms with Gasteiger partial charge in [-0.2, -0.15) is 0 Å². The molecule has 94 valence electrons.